The molecule has 0 bridgehead atoms. The van der Waals surface area contributed by atoms with Crippen LogP contribution < -0.4 is 0 Å². The van der Waals surface area contributed by atoms with Gasteiger partial charge in [-0.2, -0.15) is 11.1 Å². The van der Waals surface area contributed by atoms with Crippen LogP contribution >= 0.6 is 11.1 Å². The lowest BCUT2D eigenvalue weighted by Crippen LogP contribution is -2.56. The van der Waals surface area contributed by atoms with Gasteiger partial charge >= 0.3 is 0 Å². The van der Waals surface area contributed by atoms with Crippen molar-refractivity contribution >= 4 is 24.0 Å². The summed E-state index contributed by atoms with van der Waals surface area (Å²) in [5.41, 5.74) is 9.86. The molecule has 0 nitrogen and oxygen atoms in total. The second-order valence-corrected chi connectivity index (χ2v) is 18.0. The molecule has 0 spiro atoms. The molecule has 1 aromatic rings. The van der Waals surface area contributed by atoms with Gasteiger partial charge < -0.3 is 0 Å². The number of hydrogen-bond acceptors (Lipinski definition) is 0. The minimum absolute atomic E-state index is 0.0964. The number of halogens is 1. The molecule has 0 saturated heterocycles. The molecule has 2 heteroatoms. The van der Waals surface area contributed by atoms with E-state index in [1.54, 1.807) is 22.3 Å². The van der Waals surface area contributed by atoms with Crippen molar-refractivity contribution in [3.05, 3.63) is 64.3 Å². The van der Waals surface area contributed by atoms with Gasteiger partial charge in [-0.15, -0.1) is 0 Å². The van der Waals surface area contributed by atoms with E-state index in [1.807, 2.05) is 0 Å². The largest absolute Gasteiger partial charge is 0.167 e. The molecular weight excluding hydrogens is 388 g/mol. The first kappa shape index (κ1) is 19.9. The van der Waals surface area contributed by atoms with E-state index < -0.39 is 7.38 Å². The van der Waals surface area contributed by atoms with Crippen LogP contribution in [0.15, 0.2) is 53.1 Å². The van der Waals surface area contributed by atoms with Gasteiger partial charge in [-0.25, -0.2) is 0 Å². The van der Waals surface area contributed by atoms with Gasteiger partial charge in [0.2, 0.25) is 0 Å². The van der Waals surface area contributed by atoms with E-state index in [2.05, 4.69) is 77.2 Å². The summed E-state index contributed by atoms with van der Waals surface area (Å²) in [4.78, 5) is 0. The first-order chi connectivity index (χ1) is 13.6. The predicted octanol–water partition coefficient (Wildman–Crippen LogP) is 8.16. The van der Waals surface area contributed by atoms with Crippen LogP contribution in [0.2, 0.25) is 18.1 Å². The van der Waals surface area contributed by atoms with E-state index in [0.29, 0.717) is 17.8 Å². The zero-order valence-corrected chi connectivity index (χ0v) is 20.7. The molecule has 4 aliphatic rings. The highest BCUT2D eigenvalue weighted by Gasteiger charge is 2.63. The molecule has 0 amide bonds. The molecule has 4 unspecified atom stereocenters. The maximum Gasteiger partial charge on any atom is 0.160 e. The Labute approximate surface area is 182 Å². The van der Waals surface area contributed by atoms with E-state index >= 15 is 0 Å². The molecule has 1 saturated carbocycles. The Balaban J connectivity index is 1.87. The summed E-state index contributed by atoms with van der Waals surface area (Å²) in [6.45, 7) is 14.9. The summed E-state index contributed by atoms with van der Waals surface area (Å²) < 4.78 is 0. The number of hydrogen-bond donors (Lipinski definition) is 0. The third-order valence-corrected chi connectivity index (χ3v) is 14.0. The Morgan fingerprint density at radius 1 is 1.07 bits per heavy atom. The Morgan fingerprint density at radius 3 is 2.52 bits per heavy atom. The van der Waals surface area contributed by atoms with E-state index in [4.69, 9.17) is 11.1 Å². The first-order valence-electron chi connectivity index (χ1n) is 11.5. The van der Waals surface area contributed by atoms with Crippen LogP contribution in [0.5, 0.6) is 0 Å². The van der Waals surface area contributed by atoms with Gasteiger partial charge in [0.15, 0.2) is 7.38 Å². The minimum Gasteiger partial charge on any atom is -0.167 e. The monoisotopic (exact) mass is 422 g/mol. The van der Waals surface area contributed by atoms with E-state index in [1.165, 1.54) is 30.4 Å². The molecule has 4 aliphatic carbocycles. The number of benzene rings is 1. The van der Waals surface area contributed by atoms with Gasteiger partial charge in [0.1, 0.15) is 0 Å². The molecule has 5 rings (SSSR count). The summed E-state index contributed by atoms with van der Waals surface area (Å²) in [5.74, 6) is 2.03. The summed E-state index contributed by atoms with van der Waals surface area (Å²) in [7, 11) is -2.01. The first-order valence-corrected chi connectivity index (χ1v) is 15.5. The molecule has 29 heavy (non-hydrogen) atoms. The van der Waals surface area contributed by atoms with Crippen molar-refractivity contribution in [1.29, 1.82) is 0 Å². The fourth-order valence-electron chi connectivity index (χ4n) is 7.35. The highest BCUT2D eigenvalue weighted by Crippen LogP contribution is 2.72. The standard InChI is InChI=1S/C27H35ClSi/c1-17-15-22-20-13-9-10-14-21(20)24-19-12-8-7-11-18(19)16-23(24)25(22)27(4,26(17,2)3)29(5,6)28/h7-8,10-12,14,17,20,22H,9,13,15-16H2,1-6H3. The minimum atomic E-state index is -2.01. The highest BCUT2D eigenvalue weighted by atomic mass is 35.6. The third-order valence-electron chi connectivity index (χ3n) is 9.62. The average molecular weight is 423 g/mol. The van der Waals surface area contributed by atoms with Crippen molar-refractivity contribution in [1.82, 2.24) is 0 Å². The number of allylic oxidation sites excluding steroid dienone is 6. The lowest BCUT2D eigenvalue weighted by Gasteiger charge is -2.63. The fourth-order valence-corrected chi connectivity index (χ4v) is 11.1. The molecule has 4 atom stereocenters. The van der Waals surface area contributed by atoms with Gasteiger partial charge in [0.25, 0.3) is 0 Å². The summed E-state index contributed by atoms with van der Waals surface area (Å²) in [6, 6.07) is 9.15. The maximum absolute atomic E-state index is 7.47. The van der Waals surface area contributed by atoms with Crippen LogP contribution in [0.3, 0.4) is 0 Å². The quantitative estimate of drug-likeness (QED) is 0.316. The van der Waals surface area contributed by atoms with Crippen LogP contribution in [0, 0.1) is 23.2 Å². The second-order valence-electron chi connectivity index (χ2n) is 11.2. The lowest BCUT2D eigenvalue weighted by molar-refractivity contribution is 0.0855. The van der Waals surface area contributed by atoms with Crippen LogP contribution in [-0.4, -0.2) is 7.38 Å². The fraction of sp³-hybridized carbons (Fsp3) is 0.556. The van der Waals surface area contributed by atoms with Crippen molar-refractivity contribution in [3.8, 4) is 0 Å². The van der Waals surface area contributed by atoms with Crippen molar-refractivity contribution < 1.29 is 0 Å². The Bertz CT molecular complexity index is 970. The smallest absolute Gasteiger partial charge is 0.160 e. The molecule has 0 N–H and O–H groups in total. The van der Waals surface area contributed by atoms with Gasteiger partial charge in [0.05, 0.1) is 0 Å². The average Bonchev–Trinajstić information content (AvgIpc) is 3.05. The van der Waals surface area contributed by atoms with E-state index in [9.17, 15) is 0 Å². The van der Waals surface area contributed by atoms with Crippen LogP contribution in [0.25, 0.3) is 5.57 Å². The number of rotatable bonds is 1. The van der Waals surface area contributed by atoms with Crippen LogP contribution in [-0.2, 0) is 6.42 Å². The molecule has 1 aromatic carbocycles. The van der Waals surface area contributed by atoms with Crippen LogP contribution in [0.4, 0.5) is 0 Å². The second kappa shape index (κ2) is 6.23. The van der Waals surface area contributed by atoms with E-state index in [0.717, 1.165) is 6.42 Å². The van der Waals surface area contributed by atoms with Gasteiger partial charge in [0, 0.05) is 5.04 Å². The van der Waals surface area contributed by atoms with Crippen LogP contribution in [0.1, 0.15) is 58.1 Å². The van der Waals surface area contributed by atoms with Gasteiger partial charge in [-0.1, -0.05) is 82.8 Å². The number of fused-ring (bicyclic) bond motifs is 6. The molecule has 0 radical (unpaired) electrons. The summed E-state index contributed by atoms with van der Waals surface area (Å²) in [6.07, 6.45) is 9.83. The zero-order chi connectivity index (χ0) is 20.8. The van der Waals surface area contributed by atoms with E-state index in [-0.39, 0.29) is 10.5 Å². The molecule has 154 valence electrons. The molecule has 0 heterocycles. The lowest BCUT2D eigenvalue weighted by atomic mass is 9.51. The summed E-state index contributed by atoms with van der Waals surface area (Å²) in [5, 5.41) is 0.0964. The predicted molar refractivity (Wildman–Crippen MR) is 129 cm³/mol. The molecule has 0 aliphatic heterocycles. The Kier molecular flexibility index (Phi) is 4.27. The van der Waals surface area contributed by atoms with Crippen molar-refractivity contribution in [2.24, 2.45) is 23.2 Å². The zero-order valence-electron chi connectivity index (χ0n) is 18.9. The van der Waals surface area contributed by atoms with Crippen molar-refractivity contribution in [3.63, 3.8) is 0 Å². The Hall–Kier alpha value is -1.05. The molecule has 0 aromatic heterocycles. The molecular formula is C27H35ClSi. The van der Waals surface area contributed by atoms with Gasteiger partial charge in [-0.05, 0) is 76.7 Å². The normalized spacial score (nSPS) is 35.2. The molecule has 1 fully saturated rings. The third kappa shape index (κ3) is 2.44. The SMILES string of the molecule is CC1CC2C(=C3Cc4ccccc4C3=C3C=CCCC32)C(C)([Si](C)(C)Cl)C1(C)C. The van der Waals surface area contributed by atoms with Gasteiger partial charge in [-0.3, -0.25) is 0 Å². The maximum atomic E-state index is 7.47. The summed E-state index contributed by atoms with van der Waals surface area (Å²) >= 11 is 7.47. The topological polar surface area (TPSA) is 0 Å². The highest BCUT2D eigenvalue weighted by molar-refractivity contribution is 7.21. The van der Waals surface area contributed by atoms with Crippen molar-refractivity contribution in [2.75, 3.05) is 0 Å². The van der Waals surface area contributed by atoms with Crippen molar-refractivity contribution in [2.45, 2.75) is 71.5 Å². The Morgan fingerprint density at radius 2 is 1.79 bits per heavy atom.